The lowest BCUT2D eigenvalue weighted by molar-refractivity contribution is -0.120. The highest BCUT2D eigenvalue weighted by molar-refractivity contribution is 9.11. The van der Waals surface area contributed by atoms with E-state index in [0.717, 1.165) is 27.1 Å². The zero-order valence-corrected chi connectivity index (χ0v) is 17.2. The molecule has 134 valence electrons. The maximum absolute atomic E-state index is 12.8. The molecule has 1 amide bonds. The molecule has 2 aromatic carbocycles. The van der Waals surface area contributed by atoms with Crippen LogP contribution in [0.3, 0.4) is 0 Å². The molecule has 3 nitrogen and oxygen atoms in total. The maximum atomic E-state index is 12.8. The molecule has 0 aliphatic rings. The number of para-hydroxylation sites is 1. The standard InChI is InChI=1S/C21H21BrN2OS/c1-15(24(2)14-17-12-13-20(22)26-17)21(25)23-19-11-7-6-10-18(19)16-8-4-3-5-9-16/h3-13,15H,14H2,1-2H3,(H,23,25)/t15-/m1/s1. The number of thiophene rings is 1. The van der Waals surface area contributed by atoms with Crippen molar-refractivity contribution in [2.24, 2.45) is 0 Å². The topological polar surface area (TPSA) is 32.3 Å². The normalized spacial score (nSPS) is 12.2. The van der Waals surface area contributed by atoms with Crippen molar-refractivity contribution in [1.82, 2.24) is 4.90 Å². The van der Waals surface area contributed by atoms with Crippen LogP contribution in [0.4, 0.5) is 5.69 Å². The number of benzene rings is 2. The largest absolute Gasteiger partial charge is 0.324 e. The maximum Gasteiger partial charge on any atom is 0.241 e. The molecule has 5 heteroatoms. The fourth-order valence-electron chi connectivity index (χ4n) is 2.72. The van der Waals surface area contributed by atoms with Crippen LogP contribution in [-0.2, 0) is 11.3 Å². The monoisotopic (exact) mass is 428 g/mol. The van der Waals surface area contributed by atoms with Crippen molar-refractivity contribution in [3.8, 4) is 11.1 Å². The van der Waals surface area contributed by atoms with E-state index in [4.69, 9.17) is 0 Å². The van der Waals surface area contributed by atoms with Crippen molar-refractivity contribution >= 4 is 38.9 Å². The van der Waals surface area contributed by atoms with Crippen LogP contribution in [-0.4, -0.2) is 23.9 Å². The highest BCUT2D eigenvalue weighted by Crippen LogP contribution is 2.28. The lowest BCUT2D eigenvalue weighted by atomic mass is 10.0. The average molecular weight is 429 g/mol. The van der Waals surface area contributed by atoms with Gasteiger partial charge in [0, 0.05) is 22.7 Å². The quantitative estimate of drug-likeness (QED) is 0.550. The van der Waals surface area contributed by atoms with Crippen molar-refractivity contribution in [2.75, 3.05) is 12.4 Å². The Bertz CT molecular complexity index is 878. The van der Waals surface area contributed by atoms with Gasteiger partial charge < -0.3 is 5.32 Å². The van der Waals surface area contributed by atoms with Gasteiger partial charge in [0.1, 0.15) is 0 Å². The van der Waals surface area contributed by atoms with Gasteiger partial charge in [0.05, 0.1) is 9.83 Å². The fraction of sp³-hybridized carbons (Fsp3) is 0.190. The van der Waals surface area contributed by atoms with E-state index in [2.05, 4.69) is 44.3 Å². The van der Waals surface area contributed by atoms with Gasteiger partial charge in [-0.15, -0.1) is 11.3 Å². The predicted octanol–water partition coefficient (Wildman–Crippen LogP) is 5.64. The summed E-state index contributed by atoms with van der Waals surface area (Å²) < 4.78 is 1.11. The SMILES string of the molecule is C[C@H](C(=O)Nc1ccccc1-c1ccccc1)N(C)Cc1ccc(Br)s1. The predicted molar refractivity (Wildman–Crippen MR) is 113 cm³/mol. The van der Waals surface area contributed by atoms with E-state index in [1.54, 1.807) is 11.3 Å². The van der Waals surface area contributed by atoms with Crippen LogP contribution >= 0.6 is 27.3 Å². The Morgan fingerprint density at radius 3 is 2.46 bits per heavy atom. The Morgan fingerprint density at radius 2 is 1.77 bits per heavy atom. The third-order valence-electron chi connectivity index (χ3n) is 4.34. The molecule has 0 fully saturated rings. The number of nitrogens with one attached hydrogen (secondary N) is 1. The van der Waals surface area contributed by atoms with Gasteiger partial charge in [-0.1, -0.05) is 48.5 Å². The first-order valence-electron chi connectivity index (χ1n) is 8.44. The molecule has 3 aromatic rings. The molecule has 0 unspecified atom stereocenters. The van der Waals surface area contributed by atoms with Crippen LogP contribution < -0.4 is 5.32 Å². The molecule has 3 rings (SSSR count). The minimum absolute atomic E-state index is 0.00787. The molecule has 0 bridgehead atoms. The van der Waals surface area contributed by atoms with Crippen LogP contribution in [0.25, 0.3) is 11.1 Å². The van der Waals surface area contributed by atoms with E-state index >= 15 is 0 Å². The van der Waals surface area contributed by atoms with Gasteiger partial charge in [0.2, 0.25) is 5.91 Å². The summed E-state index contributed by atoms with van der Waals surface area (Å²) in [5.74, 6) is -0.00787. The summed E-state index contributed by atoms with van der Waals surface area (Å²) in [6.07, 6.45) is 0. The first kappa shape index (κ1) is 18.8. The van der Waals surface area contributed by atoms with Gasteiger partial charge in [0.25, 0.3) is 0 Å². The number of anilines is 1. The van der Waals surface area contributed by atoms with Gasteiger partial charge >= 0.3 is 0 Å². The Balaban J connectivity index is 1.71. The molecule has 1 N–H and O–H groups in total. The number of carbonyl (C=O) groups is 1. The number of halogens is 1. The molecule has 0 spiro atoms. The van der Waals surface area contributed by atoms with E-state index in [1.807, 2.05) is 62.5 Å². The van der Waals surface area contributed by atoms with E-state index in [9.17, 15) is 4.79 Å². The Labute approximate surface area is 166 Å². The first-order chi connectivity index (χ1) is 12.5. The molecule has 0 aliphatic carbocycles. The second-order valence-electron chi connectivity index (χ2n) is 6.20. The molecule has 0 saturated heterocycles. The van der Waals surface area contributed by atoms with Crippen LogP contribution in [0.1, 0.15) is 11.8 Å². The second-order valence-corrected chi connectivity index (χ2v) is 8.75. The average Bonchev–Trinajstić information content (AvgIpc) is 3.07. The third kappa shape index (κ3) is 4.61. The van der Waals surface area contributed by atoms with Crippen molar-refractivity contribution in [3.05, 3.63) is 75.4 Å². The van der Waals surface area contributed by atoms with Crippen LogP contribution in [0, 0.1) is 0 Å². The summed E-state index contributed by atoms with van der Waals surface area (Å²) in [4.78, 5) is 16.1. The smallest absolute Gasteiger partial charge is 0.241 e. The van der Waals surface area contributed by atoms with E-state index < -0.39 is 0 Å². The summed E-state index contributed by atoms with van der Waals surface area (Å²) in [5, 5.41) is 3.09. The number of nitrogens with zero attached hydrogens (tertiary/aromatic N) is 1. The Hall–Kier alpha value is -1.95. The van der Waals surface area contributed by atoms with Crippen molar-refractivity contribution in [3.63, 3.8) is 0 Å². The summed E-state index contributed by atoms with van der Waals surface area (Å²) >= 11 is 5.18. The van der Waals surface area contributed by atoms with Crippen molar-refractivity contribution < 1.29 is 4.79 Å². The summed E-state index contributed by atoms with van der Waals surface area (Å²) in [5.41, 5.74) is 2.95. The van der Waals surface area contributed by atoms with Gasteiger partial charge in [-0.3, -0.25) is 9.69 Å². The second kappa shape index (κ2) is 8.62. The van der Waals surface area contributed by atoms with Gasteiger partial charge in [-0.2, -0.15) is 0 Å². The van der Waals surface area contributed by atoms with Crippen LogP contribution in [0.2, 0.25) is 0 Å². The lowest BCUT2D eigenvalue weighted by Gasteiger charge is -2.24. The Kier molecular flexibility index (Phi) is 6.25. The molecule has 0 radical (unpaired) electrons. The van der Waals surface area contributed by atoms with Crippen molar-refractivity contribution in [1.29, 1.82) is 0 Å². The number of rotatable bonds is 6. The van der Waals surface area contributed by atoms with E-state index in [-0.39, 0.29) is 11.9 Å². The summed E-state index contributed by atoms with van der Waals surface area (Å²) in [6.45, 7) is 2.67. The zero-order chi connectivity index (χ0) is 18.5. The fourth-order valence-corrected chi connectivity index (χ4v) is 4.27. The van der Waals surface area contributed by atoms with Crippen LogP contribution in [0.5, 0.6) is 0 Å². The molecule has 1 aromatic heterocycles. The van der Waals surface area contributed by atoms with Gasteiger partial charge in [0.15, 0.2) is 0 Å². The number of hydrogen-bond donors (Lipinski definition) is 1. The number of likely N-dealkylation sites (N-methyl/N-ethyl adjacent to an activating group) is 1. The molecular formula is C21H21BrN2OS. The van der Waals surface area contributed by atoms with Crippen LogP contribution in [0.15, 0.2) is 70.5 Å². The molecule has 1 atom stereocenters. The van der Waals surface area contributed by atoms with E-state index in [0.29, 0.717) is 0 Å². The van der Waals surface area contributed by atoms with Gasteiger partial charge in [-0.25, -0.2) is 0 Å². The Morgan fingerprint density at radius 1 is 1.08 bits per heavy atom. The molecular weight excluding hydrogens is 408 g/mol. The minimum Gasteiger partial charge on any atom is -0.324 e. The van der Waals surface area contributed by atoms with Crippen molar-refractivity contribution in [2.45, 2.75) is 19.5 Å². The molecule has 1 heterocycles. The highest BCUT2D eigenvalue weighted by Gasteiger charge is 2.20. The summed E-state index contributed by atoms with van der Waals surface area (Å²) in [6, 6.07) is 21.9. The molecule has 0 aliphatic heterocycles. The van der Waals surface area contributed by atoms with Gasteiger partial charge in [-0.05, 0) is 53.7 Å². The minimum atomic E-state index is -0.236. The first-order valence-corrected chi connectivity index (χ1v) is 10.1. The molecule has 26 heavy (non-hydrogen) atoms. The molecule has 0 saturated carbocycles. The lowest BCUT2D eigenvalue weighted by Crippen LogP contribution is -2.39. The number of hydrogen-bond acceptors (Lipinski definition) is 3. The number of carbonyl (C=O) groups excluding carboxylic acids is 1. The summed E-state index contributed by atoms with van der Waals surface area (Å²) in [7, 11) is 1.97. The zero-order valence-electron chi connectivity index (χ0n) is 14.8. The third-order valence-corrected chi connectivity index (χ3v) is 5.95. The highest BCUT2D eigenvalue weighted by atomic mass is 79.9. The number of amides is 1. The van der Waals surface area contributed by atoms with E-state index in [1.165, 1.54) is 4.88 Å².